The average Bonchev–Trinajstić information content (AvgIpc) is 2.03. The van der Waals surface area contributed by atoms with E-state index in [1.165, 1.54) is 0 Å². The molecule has 0 radical (unpaired) electrons. The Morgan fingerprint density at radius 2 is 2.08 bits per heavy atom. The van der Waals surface area contributed by atoms with Crippen LogP contribution in [0.1, 0.15) is 32.1 Å². The van der Waals surface area contributed by atoms with E-state index in [1.54, 1.807) is 0 Å². The van der Waals surface area contributed by atoms with Crippen LogP contribution in [0.25, 0.3) is 0 Å². The minimum Gasteiger partial charge on any atom is -0.368 e. The van der Waals surface area contributed by atoms with Crippen molar-refractivity contribution in [2.45, 2.75) is 38.1 Å². The van der Waals surface area contributed by atoms with Crippen molar-refractivity contribution in [2.24, 2.45) is 11.5 Å². The van der Waals surface area contributed by atoms with Gasteiger partial charge in [0, 0.05) is 6.42 Å². The SMILES string of the molecule is C#CCCCCCC(N)C(N)=O. The predicted octanol–water partition coefficient (Wildman–Crippen LogP) is 0.383. The number of unbranched alkanes of at least 4 members (excludes halogenated alkanes) is 3. The van der Waals surface area contributed by atoms with Crippen molar-refractivity contribution in [2.75, 3.05) is 0 Å². The largest absolute Gasteiger partial charge is 0.368 e. The predicted molar refractivity (Wildman–Crippen MR) is 49.1 cm³/mol. The highest BCUT2D eigenvalue weighted by Crippen LogP contribution is 2.03. The summed E-state index contributed by atoms with van der Waals surface area (Å²) in [4.78, 5) is 10.5. The van der Waals surface area contributed by atoms with Crippen molar-refractivity contribution in [3.63, 3.8) is 0 Å². The Balaban J connectivity index is 3.21. The van der Waals surface area contributed by atoms with Gasteiger partial charge in [-0.05, 0) is 12.8 Å². The quantitative estimate of drug-likeness (QED) is 0.444. The minimum atomic E-state index is -0.490. The monoisotopic (exact) mass is 168 g/mol. The first-order chi connectivity index (χ1) is 5.68. The molecular weight excluding hydrogens is 152 g/mol. The van der Waals surface area contributed by atoms with Crippen molar-refractivity contribution < 1.29 is 4.79 Å². The highest BCUT2D eigenvalue weighted by molar-refractivity contribution is 5.79. The van der Waals surface area contributed by atoms with Gasteiger partial charge in [-0.15, -0.1) is 12.3 Å². The molecule has 1 amide bonds. The number of hydrogen-bond donors (Lipinski definition) is 2. The molecule has 0 saturated heterocycles. The number of amides is 1. The lowest BCUT2D eigenvalue weighted by atomic mass is 10.1. The summed E-state index contributed by atoms with van der Waals surface area (Å²) in [5.41, 5.74) is 10.4. The molecule has 0 rings (SSSR count). The molecule has 0 saturated carbocycles. The van der Waals surface area contributed by atoms with E-state index in [9.17, 15) is 4.79 Å². The number of primary amides is 1. The summed E-state index contributed by atoms with van der Waals surface area (Å²) >= 11 is 0. The van der Waals surface area contributed by atoms with Crippen molar-refractivity contribution in [1.82, 2.24) is 0 Å². The lowest BCUT2D eigenvalue weighted by molar-refractivity contribution is -0.119. The summed E-state index contributed by atoms with van der Waals surface area (Å²) in [5, 5.41) is 0. The van der Waals surface area contributed by atoms with Gasteiger partial charge < -0.3 is 11.5 Å². The van der Waals surface area contributed by atoms with Gasteiger partial charge in [-0.3, -0.25) is 4.79 Å². The van der Waals surface area contributed by atoms with Crippen molar-refractivity contribution in [1.29, 1.82) is 0 Å². The molecule has 68 valence electrons. The van der Waals surface area contributed by atoms with Crippen LogP contribution in [0.5, 0.6) is 0 Å². The molecule has 4 N–H and O–H groups in total. The maximum atomic E-state index is 10.5. The normalized spacial score (nSPS) is 12.0. The summed E-state index contributed by atoms with van der Waals surface area (Å²) in [6.07, 6.45) is 9.48. The molecule has 0 heterocycles. The van der Waals surface area contributed by atoms with E-state index in [1.807, 2.05) is 0 Å². The molecule has 0 aromatic carbocycles. The molecule has 0 fully saturated rings. The van der Waals surface area contributed by atoms with E-state index >= 15 is 0 Å². The van der Waals surface area contributed by atoms with Crippen molar-refractivity contribution >= 4 is 5.91 Å². The van der Waals surface area contributed by atoms with Crippen LogP contribution >= 0.6 is 0 Å². The zero-order chi connectivity index (χ0) is 9.40. The zero-order valence-corrected chi connectivity index (χ0v) is 7.25. The van der Waals surface area contributed by atoms with E-state index in [0.717, 1.165) is 25.7 Å². The topological polar surface area (TPSA) is 69.1 Å². The Bertz CT molecular complexity index is 172. The van der Waals surface area contributed by atoms with Crippen LogP contribution in [0.15, 0.2) is 0 Å². The standard InChI is InChI=1S/C9H16N2O/c1-2-3-4-5-6-7-8(10)9(11)12/h1,8H,3-7,10H2,(H2,11,12). The average molecular weight is 168 g/mol. The van der Waals surface area contributed by atoms with Crippen LogP contribution in [0.3, 0.4) is 0 Å². The summed E-state index contributed by atoms with van der Waals surface area (Å²) in [6.45, 7) is 0. The Morgan fingerprint density at radius 3 is 2.58 bits per heavy atom. The molecule has 0 aliphatic carbocycles. The van der Waals surface area contributed by atoms with E-state index in [4.69, 9.17) is 17.9 Å². The maximum Gasteiger partial charge on any atom is 0.234 e. The third-order valence-electron chi connectivity index (χ3n) is 1.70. The first kappa shape index (κ1) is 11.0. The van der Waals surface area contributed by atoms with Crippen LogP contribution in [0.4, 0.5) is 0 Å². The van der Waals surface area contributed by atoms with Gasteiger partial charge in [0.1, 0.15) is 0 Å². The molecule has 0 aliphatic rings. The summed E-state index contributed by atoms with van der Waals surface area (Å²) < 4.78 is 0. The molecule has 0 bridgehead atoms. The number of terminal acetylenes is 1. The second-order valence-electron chi connectivity index (χ2n) is 2.81. The molecule has 12 heavy (non-hydrogen) atoms. The Labute approximate surface area is 73.5 Å². The molecule has 0 aromatic heterocycles. The Morgan fingerprint density at radius 1 is 1.42 bits per heavy atom. The number of rotatable bonds is 6. The molecule has 1 unspecified atom stereocenters. The van der Waals surface area contributed by atoms with Crippen molar-refractivity contribution in [3.8, 4) is 12.3 Å². The first-order valence-corrected chi connectivity index (χ1v) is 4.17. The molecule has 0 spiro atoms. The van der Waals surface area contributed by atoms with Crippen LogP contribution in [-0.4, -0.2) is 11.9 Å². The highest BCUT2D eigenvalue weighted by Gasteiger charge is 2.07. The van der Waals surface area contributed by atoms with Crippen LogP contribution in [0, 0.1) is 12.3 Å². The number of nitrogens with two attached hydrogens (primary N) is 2. The maximum absolute atomic E-state index is 10.5. The highest BCUT2D eigenvalue weighted by atomic mass is 16.1. The van der Waals surface area contributed by atoms with Gasteiger partial charge in [-0.25, -0.2) is 0 Å². The number of carbonyl (C=O) groups excluding carboxylic acids is 1. The second-order valence-corrected chi connectivity index (χ2v) is 2.81. The van der Waals surface area contributed by atoms with E-state index in [2.05, 4.69) is 5.92 Å². The fourth-order valence-electron chi connectivity index (χ4n) is 0.910. The molecule has 0 aliphatic heterocycles. The van der Waals surface area contributed by atoms with Gasteiger partial charge in [0.15, 0.2) is 0 Å². The number of carbonyl (C=O) groups is 1. The third-order valence-corrected chi connectivity index (χ3v) is 1.70. The Kier molecular flexibility index (Phi) is 6.12. The smallest absolute Gasteiger partial charge is 0.234 e. The van der Waals surface area contributed by atoms with Gasteiger partial charge >= 0.3 is 0 Å². The molecule has 1 atom stereocenters. The summed E-state index contributed by atoms with van der Waals surface area (Å²) in [7, 11) is 0. The Hall–Kier alpha value is -1.01. The third kappa shape index (κ3) is 5.75. The van der Waals surface area contributed by atoms with Gasteiger partial charge in [-0.2, -0.15) is 0 Å². The minimum absolute atomic E-state index is 0.424. The lowest BCUT2D eigenvalue weighted by Gasteiger charge is -2.05. The molecule has 3 heteroatoms. The van der Waals surface area contributed by atoms with Gasteiger partial charge in [0.25, 0.3) is 0 Å². The van der Waals surface area contributed by atoms with Gasteiger partial charge in [0.2, 0.25) is 5.91 Å². The van der Waals surface area contributed by atoms with E-state index < -0.39 is 11.9 Å². The lowest BCUT2D eigenvalue weighted by Crippen LogP contribution is -2.36. The first-order valence-electron chi connectivity index (χ1n) is 4.17. The number of hydrogen-bond acceptors (Lipinski definition) is 2. The summed E-state index contributed by atoms with van der Waals surface area (Å²) in [6, 6.07) is -0.490. The summed E-state index contributed by atoms with van der Waals surface area (Å²) in [5.74, 6) is 2.13. The second kappa shape index (κ2) is 6.68. The fraction of sp³-hybridized carbons (Fsp3) is 0.667. The van der Waals surface area contributed by atoms with Crippen LogP contribution in [-0.2, 0) is 4.79 Å². The fourth-order valence-corrected chi connectivity index (χ4v) is 0.910. The molecule has 0 aromatic rings. The van der Waals surface area contributed by atoms with E-state index in [-0.39, 0.29) is 0 Å². The van der Waals surface area contributed by atoms with Gasteiger partial charge in [-0.1, -0.05) is 12.8 Å². The van der Waals surface area contributed by atoms with Gasteiger partial charge in [0.05, 0.1) is 6.04 Å². The van der Waals surface area contributed by atoms with Crippen molar-refractivity contribution in [3.05, 3.63) is 0 Å². The molecular formula is C9H16N2O. The van der Waals surface area contributed by atoms with E-state index in [0.29, 0.717) is 6.42 Å². The zero-order valence-electron chi connectivity index (χ0n) is 7.25. The molecule has 3 nitrogen and oxygen atoms in total. The van der Waals surface area contributed by atoms with Crippen LogP contribution in [0.2, 0.25) is 0 Å². The van der Waals surface area contributed by atoms with Crippen LogP contribution < -0.4 is 11.5 Å².